The highest BCUT2D eigenvalue weighted by Crippen LogP contribution is 2.07. The first-order chi connectivity index (χ1) is 8.79. The standard InChI is InChI=1S/C13H13N3O2/c1-18-13(17)11-4-2-10(3-5-11)8-16-12-9-14-6-7-15-12/h2-7,9H,8H2,1H3,(H,15,16). The van der Waals surface area contributed by atoms with E-state index >= 15 is 0 Å². The van der Waals surface area contributed by atoms with Gasteiger partial charge in [0.05, 0.1) is 18.9 Å². The summed E-state index contributed by atoms with van der Waals surface area (Å²) in [5.41, 5.74) is 1.59. The molecular weight excluding hydrogens is 230 g/mol. The maximum atomic E-state index is 11.2. The van der Waals surface area contributed by atoms with Crippen LogP contribution in [0, 0.1) is 0 Å². The Morgan fingerprint density at radius 3 is 2.67 bits per heavy atom. The van der Waals surface area contributed by atoms with Crippen LogP contribution in [0.3, 0.4) is 0 Å². The first kappa shape index (κ1) is 12.0. The van der Waals surface area contributed by atoms with Crippen molar-refractivity contribution in [3.05, 3.63) is 54.0 Å². The molecule has 0 atom stereocenters. The van der Waals surface area contributed by atoms with Crippen LogP contribution in [0.1, 0.15) is 15.9 Å². The highest BCUT2D eigenvalue weighted by atomic mass is 16.5. The molecule has 2 aromatic rings. The number of aromatic nitrogens is 2. The summed E-state index contributed by atoms with van der Waals surface area (Å²) in [7, 11) is 1.37. The number of rotatable bonds is 4. The fourth-order valence-corrected chi connectivity index (χ4v) is 1.46. The molecule has 18 heavy (non-hydrogen) atoms. The van der Waals surface area contributed by atoms with Crippen LogP contribution in [-0.4, -0.2) is 23.0 Å². The smallest absolute Gasteiger partial charge is 0.337 e. The molecule has 2 rings (SSSR count). The fraction of sp³-hybridized carbons (Fsp3) is 0.154. The highest BCUT2D eigenvalue weighted by Gasteiger charge is 2.04. The first-order valence-corrected chi connectivity index (χ1v) is 5.47. The van der Waals surface area contributed by atoms with Gasteiger partial charge in [-0.15, -0.1) is 0 Å². The summed E-state index contributed by atoms with van der Waals surface area (Å²) in [6.07, 6.45) is 4.90. The number of benzene rings is 1. The number of carbonyl (C=O) groups is 1. The van der Waals surface area contributed by atoms with Gasteiger partial charge in [0.2, 0.25) is 0 Å². The van der Waals surface area contributed by atoms with Crippen molar-refractivity contribution in [1.82, 2.24) is 9.97 Å². The molecule has 0 fully saturated rings. The van der Waals surface area contributed by atoms with E-state index in [4.69, 9.17) is 0 Å². The van der Waals surface area contributed by atoms with Gasteiger partial charge >= 0.3 is 5.97 Å². The molecule has 0 aliphatic carbocycles. The molecule has 1 aromatic heterocycles. The van der Waals surface area contributed by atoms with E-state index in [9.17, 15) is 4.79 Å². The largest absolute Gasteiger partial charge is 0.465 e. The molecule has 0 bridgehead atoms. The third-order valence-electron chi connectivity index (χ3n) is 2.41. The first-order valence-electron chi connectivity index (χ1n) is 5.47. The Labute approximate surface area is 105 Å². The second kappa shape index (κ2) is 5.77. The zero-order chi connectivity index (χ0) is 12.8. The second-order valence-corrected chi connectivity index (χ2v) is 3.63. The molecule has 0 unspecified atom stereocenters. The molecule has 1 N–H and O–H groups in total. The monoisotopic (exact) mass is 243 g/mol. The summed E-state index contributed by atoms with van der Waals surface area (Å²) in [5, 5.41) is 3.13. The minimum absolute atomic E-state index is 0.330. The van der Waals surface area contributed by atoms with E-state index in [2.05, 4.69) is 20.0 Å². The summed E-state index contributed by atoms with van der Waals surface area (Å²) < 4.78 is 4.63. The molecule has 0 saturated carbocycles. The van der Waals surface area contributed by atoms with Gasteiger partial charge in [-0.2, -0.15) is 0 Å². The number of carbonyl (C=O) groups excluding carboxylic acids is 1. The van der Waals surface area contributed by atoms with E-state index in [1.807, 2.05) is 12.1 Å². The molecule has 0 saturated heterocycles. The number of nitrogens with zero attached hydrogens (tertiary/aromatic N) is 2. The van der Waals surface area contributed by atoms with Crippen molar-refractivity contribution in [3.8, 4) is 0 Å². The Hall–Kier alpha value is -2.43. The lowest BCUT2D eigenvalue weighted by Gasteiger charge is -2.05. The molecular formula is C13H13N3O2. The van der Waals surface area contributed by atoms with Crippen LogP contribution in [0.4, 0.5) is 5.82 Å². The Morgan fingerprint density at radius 1 is 1.28 bits per heavy atom. The molecule has 0 spiro atoms. The number of ether oxygens (including phenoxy) is 1. The third-order valence-corrected chi connectivity index (χ3v) is 2.41. The zero-order valence-electron chi connectivity index (χ0n) is 9.96. The molecule has 0 aliphatic rings. The van der Waals surface area contributed by atoms with Crippen LogP contribution < -0.4 is 5.32 Å². The van der Waals surface area contributed by atoms with Crippen LogP contribution >= 0.6 is 0 Å². The van der Waals surface area contributed by atoms with Gasteiger partial charge in [0.25, 0.3) is 0 Å². The van der Waals surface area contributed by atoms with Gasteiger partial charge in [0, 0.05) is 18.9 Å². The van der Waals surface area contributed by atoms with Crippen molar-refractivity contribution in [3.63, 3.8) is 0 Å². The van der Waals surface area contributed by atoms with E-state index < -0.39 is 0 Å². The summed E-state index contributed by atoms with van der Waals surface area (Å²) in [6, 6.07) is 7.21. The van der Waals surface area contributed by atoms with Crippen LogP contribution in [0.15, 0.2) is 42.9 Å². The normalized spacial score (nSPS) is 9.83. The third kappa shape index (κ3) is 3.04. The minimum atomic E-state index is -0.330. The van der Waals surface area contributed by atoms with Gasteiger partial charge in [-0.25, -0.2) is 9.78 Å². The molecule has 1 heterocycles. The Bertz CT molecular complexity index is 512. The van der Waals surface area contributed by atoms with Gasteiger partial charge in [-0.1, -0.05) is 12.1 Å². The molecule has 0 aliphatic heterocycles. The molecule has 92 valence electrons. The predicted octanol–water partition coefficient (Wildman–Crippen LogP) is 1.88. The number of esters is 1. The van der Waals surface area contributed by atoms with Gasteiger partial charge in [-0.3, -0.25) is 4.98 Å². The molecule has 5 nitrogen and oxygen atoms in total. The summed E-state index contributed by atoms with van der Waals surface area (Å²) >= 11 is 0. The zero-order valence-corrected chi connectivity index (χ0v) is 9.96. The Kier molecular flexibility index (Phi) is 3.86. The van der Waals surface area contributed by atoms with Crippen molar-refractivity contribution in [2.75, 3.05) is 12.4 Å². The van der Waals surface area contributed by atoms with Crippen molar-refractivity contribution in [1.29, 1.82) is 0 Å². The van der Waals surface area contributed by atoms with E-state index in [-0.39, 0.29) is 5.97 Å². The van der Waals surface area contributed by atoms with Crippen LogP contribution in [0.25, 0.3) is 0 Å². The van der Waals surface area contributed by atoms with Crippen molar-refractivity contribution >= 4 is 11.8 Å². The summed E-state index contributed by atoms with van der Waals surface area (Å²) in [4.78, 5) is 19.3. The number of hydrogen-bond acceptors (Lipinski definition) is 5. The number of methoxy groups -OCH3 is 1. The second-order valence-electron chi connectivity index (χ2n) is 3.63. The highest BCUT2D eigenvalue weighted by molar-refractivity contribution is 5.89. The van der Waals surface area contributed by atoms with Gasteiger partial charge in [-0.05, 0) is 17.7 Å². The van der Waals surface area contributed by atoms with Gasteiger partial charge < -0.3 is 10.1 Å². The number of anilines is 1. The summed E-state index contributed by atoms with van der Waals surface area (Å²) in [6.45, 7) is 0.625. The quantitative estimate of drug-likeness (QED) is 0.830. The van der Waals surface area contributed by atoms with E-state index in [1.54, 1.807) is 30.7 Å². The van der Waals surface area contributed by atoms with E-state index in [1.165, 1.54) is 7.11 Å². The fourth-order valence-electron chi connectivity index (χ4n) is 1.46. The SMILES string of the molecule is COC(=O)c1ccc(CNc2cnccn2)cc1. The van der Waals surface area contributed by atoms with Gasteiger partial charge in [0.1, 0.15) is 5.82 Å². The van der Waals surface area contributed by atoms with Crippen molar-refractivity contribution in [2.45, 2.75) is 6.54 Å². The van der Waals surface area contributed by atoms with Crippen molar-refractivity contribution < 1.29 is 9.53 Å². The Morgan fingerprint density at radius 2 is 2.06 bits per heavy atom. The molecule has 0 radical (unpaired) electrons. The summed E-state index contributed by atoms with van der Waals surface area (Å²) in [5.74, 6) is 0.387. The lowest BCUT2D eigenvalue weighted by molar-refractivity contribution is 0.0600. The average molecular weight is 243 g/mol. The topological polar surface area (TPSA) is 64.1 Å². The lowest BCUT2D eigenvalue weighted by Crippen LogP contribution is -2.03. The average Bonchev–Trinajstić information content (AvgIpc) is 2.46. The maximum absolute atomic E-state index is 11.2. The minimum Gasteiger partial charge on any atom is -0.465 e. The molecule has 0 amide bonds. The van der Waals surface area contributed by atoms with Gasteiger partial charge in [0.15, 0.2) is 0 Å². The number of nitrogens with one attached hydrogen (secondary N) is 1. The van der Waals surface area contributed by atoms with Crippen LogP contribution in [0.2, 0.25) is 0 Å². The van der Waals surface area contributed by atoms with E-state index in [0.29, 0.717) is 12.1 Å². The van der Waals surface area contributed by atoms with Crippen LogP contribution in [-0.2, 0) is 11.3 Å². The Balaban J connectivity index is 1.97. The lowest BCUT2D eigenvalue weighted by atomic mass is 10.1. The maximum Gasteiger partial charge on any atom is 0.337 e. The predicted molar refractivity (Wildman–Crippen MR) is 67.1 cm³/mol. The van der Waals surface area contributed by atoms with Crippen LogP contribution in [0.5, 0.6) is 0 Å². The number of hydrogen-bond donors (Lipinski definition) is 1. The molecule has 5 heteroatoms. The molecule has 1 aromatic carbocycles. The van der Waals surface area contributed by atoms with Crippen molar-refractivity contribution in [2.24, 2.45) is 0 Å². The van der Waals surface area contributed by atoms with E-state index in [0.717, 1.165) is 11.4 Å².